The van der Waals surface area contributed by atoms with E-state index in [0.29, 0.717) is 16.2 Å². The van der Waals surface area contributed by atoms with Gasteiger partial charge in [0.15, 0.2) is 0 Å². The van der Waals surface area contributed by atoms with Crippen LogP contribution >= 0.6 is 11.6 Å². The summed E-state index contributed by atoms with van der Waals surface area (Å²) in [4.78, 5) is 11.3. The number of hydrogen-bond donors (Lipinski definition) is 1. The Morgan fingerprint density at radius 3 is 2.53 bits per heavy atom. The van der Waals surface area contributed by atoms with Crippen LogP contribution in [0.3, 0.4) is 0 Å². The van der Waals surface area contributed by atoms with Gasteiger partial charge in [0.2, 0.25) is 5.76 Å². The highest BCUT2D eigenvalue weighted by Gasteiger charge is 2.21. The van der Waals surface area contributed by atoms with Gasteiger partial charge in [0, 0.05) is 22.0 Å². The van der Waals surface area contributed by atoms with Gasteiger partial charge in [0.05, 0.1) is 0 Å². The Labute approximate surface area is 114 Å². The molecule has 0 aliphatic carbocycles. The van der Waals surface area contributed by atoms with Crippen LogP contribution < -0.4 is 0 Å². The maximum absolute atomic E-state index is 11.3. The van der Waals surface area contributed by atoms with E-state index in [4.69, 9.17) is 16.0 Å². The number of rotatable bonds is 2. The van der Waals surface area contributed by atoms with Gasteiger partial charge in [-0.1, -0.05) is 41.9 Å². The molecule has 3 aromatic rings. The molecular weight excluding hydrogens is 264 g/mol. The number of carboxylic acids is 1. The molecule has 94 valence electrons. The van der Waals surface area contributed by atoms with E-state index < -0.39 is 5.97 Å². The highest BCUT2D eigenvalue weighted by Crippen LogP contribution is 2.35. The molecule has 1 aromatic heterocycles. The fourth-order valence-electron chi connectivity index (χ4n) is 2.11. The molecule has 0 spiro atoms. The van der Waals surface area contributed by atoms with Crippen molar-refractivity contribution < 1.29 is 14.3 Å². The van der Waals surface area contributed by atoms with Gasteiger partial charge in [0.1, 0.15) is 5.58 Å². The zero-order chi connectivity index (χ0) is 13.4. The molecule has 0 aliphatic heterocycles. The predicted octanol–water partition coefficient (Wildman–Crippen LogP) is 4.45. The number of hydrogen-bond acceptors (Lipinski definition) is 2. The third-order valence-corrected chi connectivity index (χ3v) is 3.14. The minimum atomic E-state index is -1.09. The molecule has 1 heterocycles. The van der Waals surface area contributed by atoms with Crippen LogP contribution in [0.1, 0.15) is 10.6 Å². The molecular formula is C15H9ClO3. The van der Waals surface area contributed by atoms with Crippen molar-refractivity contribution in [3.63, 3.8) is 0 Å². The van der Waals surface area contributed by atoms with E-state index in [-0.39, 0.29) is 5.76 Å². The average molecular weight is 273 g/mol. The summed E-state index contributed by atoms with van der Waals surface area (Å²) in [6.45, 7) is 0. The molecule has 3 nitrogen and oxygen atoms in total. The second kappa shape index (κ2) is 4.44. The highest BCUT2D eigenvalue weighted by molar-refractivity contribution is 6.31. The molecule has 1 N–H and O–H groups in total. The fourth-order valence-corrected chi connectivity index (χ4v) is 2.27. The second-order valence-corrected chi connectivity index (χ2v) is 4.55. The van der Waals surface area contributed by atoms with Crippen LogP contribution in [0.25, 0.3) is 22.1 Å². The number of fused-ring (bicyclic) bond motifs is 1. The van der Waals surface area contributed by atoms with Crippen molar-refractivity contribution in [2.45, 2.75) is 0 Å². The Hall–Kier alpha value is -2.26. The summed E-state index contributed by atoms with van der Waals surface area (Å²) < 4.78 is 5.41. The minimum Gasteiger partial charge on any atom is -0.475 e. The summed E-state index contributed by atoms with van der Waals surface area (Å²) in [5, 5.41) is 10.5. The lowest BCUT2D eigenvalue weighted by Crippen LogP contribution is -1.95. The lowest BCUT2D eigenvalue weighted by Gasteiger charge is -2.00. The molecule has 0 saturated carbocycles. The van der Waals surface area contributed by atoms with Crippen molar-refractivity contribution in [3.8, 4) is 11.1 Å². The molecule has 19 heavy (non-hydrogen) atoms. The standard InChI is InChI=1S/C15H9ClO3/c16-10-6-7-11-12(8-10)19-14(15(17)18)13(11)9-4-2-1-3-5-9/h1-8H,(H,17,18). The highest BCUT2D eigenvalue weighted by atomic mass is 35.5. The van der Waals surface area contributed by atoms with Crippen molar-refractivity contribution in [2.75, 3.05) is 0 Å². The van der Waals surface area contributed by atoms with Gasteiger partial charge in [-0.2, -0.15) is 0 Å². The van der Waals surface area contributed by atoms with Crippen LogP contribution in [-0.4, -0.2) is 11.1 Å². The van der Waals surface area contributed by atoms with E-state index in [0.717, 1.165) is 10.9 Å². The summed E-state index contributed by atoms with van der Waals surface area (Å²) in [6.07, 6.45) is 0. The minimum absolute atomic E-state index is 0.0662. The van der Waals surface area contributed by atoms with Crippen LogP contribution in [-0.2, 0) is 0 Å². The monoisotopic (exact) mass is 272 g/mol. The van der Waals surface area contributed by atoms with Gasteiger partial charge in [0.25, 0.3) is 0 Å². The first-order chi connectivity index (χ1) is 9.16. The van der Waals surface area contributed by atoms with Gasteiger partial charge in [-0.3, -0.25) is 0 Å². The Morgan fingerprint density at radius 1 is 1.11 bits per heavy atom. The first-order valence-corrected chi connectivity index (χ1v) is 6.05. The molecule has 2 aromatic carbocycles. The van der Waals surface area contributed by atoms with Gasteiger partial charge in [-0.25, -0.2) is 4.79 Å². The normalized spacial score (nSPS) is 10.8. The summed E-state index contributed by atoms with van der Waals surface area (Å²) in [5.41, 5.74) is 1.87. The van der Waals surface area contributed by atoms with Crippen LogP contribution in [0.15, 0.2) is 52.9 Å². The van der Waals surface area contributed by atoms with E-state index in [2.05, 4.69) is 0 Å². The van der Waals surface area contributed by atoms with Crippen LogP contribution in [0.2, 0.25) is 5.02 Å². The van der Waals surface area contributed by atoms with Crippen LogP contribution in [0.5, 0.6) is 0 Å². The smallest absolute Gasteiger partial charge is 0.372 e. The number of carbonyl (C=O) groups is 1. The largest absolute Gasteiger partial charge is 0.475 e. The molecule has 0 fully saturated rings. The first-order valence-electron chi connectivity index (χ1n) is 5.67. The SMILES string of the molecule is O=C(O)c1oc2cc(Cl)ccc2c1-c1ccccc1. The quantitative estimate of drug-likeness (QED) is 0.750. The third kappa shape index (κ3) is 1.98. The Morgan fingerprint density at radius 2 is 1.84 bits per heavy atom. The molecule has 4 heteroatoms. The molecule has 0 saturated heterocycles. The maximum Gasteiger partial charge on any atom is 0.372 e. The van der Waals surface area contributed by atoms with Crippen LogP contribution in [0, 0.1) is 0 Å². The number of furan rings is 1. The van der Waals surface area contributed by atoms with Gasteiger partial charge < -0.3 is 9.52 Å². The van der Waals surface area contributed by atoms with Gasteiger partial charge >= 0.3 is 5.97 Å². The molecule has 0 radical (unpaired) electrons. The van der Waals surface area contributed by atoms with Crippen LogP contribution in [0.4, 0.5) is 0 Å². The molecule has 0 bridgehead atoms. The predicted molar refractivity (Wildman–Crippen MR) is 73.6 cm³/mol. The summed E-state index contributed by atoms with van der Waals surface area (Å²) in [7, 11) is 0. The number of aromatic carboxylic acids is 1. The number of halogens is 1. The summed E-state index contributed by atoms with van der Waals surface area (Å²) in [6, 6.07) is 14.4. The van der Waals surface area contributed by atoms with E-state index in [9.17, 15) is 9.90 Å². The van der Waals surface area contributed by atoms with Gasteiger partial charge in [-0.05, 0) is 17.7 Å². The van der Waals surface area contributed by atoms with Crippen molar-refractivity contribution >= 4 is 28.5 Å². The second-order valence-electron chi connectivity index (χ2n) is 4.12. The summed E-state index contributed by atoms with van der Waals surface area (Å²) in [5.74, 6) is -1.16. The Balaban J connectivity index is 2.38. The summed E-state index contributed by atoms with van der Waals surface area (Å²) >= 11 is 5.90. The third-order valence-electron chi connectivity index (χ3n) is 2.91. The molecule has 0 unspecified atom stereocenters. The van der Waals surface area contributed by atoms with E-state index in [1.54, 1.807) is 18.2 Å². The van der Waals surface area contributed by atoms with E-state index in [1.165, 1.54) is 0 Å². The number of benzene rings is 2. The fraction of sp³-hybridized carbons (Fsp3) is 0. The topological polar surface area (TPSA) is 50.4 Å². The Bertz CT molecular complexity index is 760. The van der Waals surface area contributed by atoms with E-state index in [1.807, 2.05) is 30.3 Å². The Kier molecular flexibility index (Phi) is 2.76. The van der Waals surface area contributed by atoms with E-state index >= 15 is 0 Å². The van der Waals surface area contributed by atoms with Crippen molar-refractivity contribution in [3.05, 3.63) is 59.3 Å². The molecule has 0 amide bonds. The van der Waals surface area contributed by atoms with Crippen molar-refractivity contribution in [1.82, 2.24) is 0 Å². The maximum atomic E-state index is 11.3. The van der Waals surface area contributed by atoms with Crippen molar-refractivity contribution in [2.24, 2.45) is 0 Å². The molecule has 3 rings (SSSR count). The number of carboxylic acid groups (broad SMARTS) is 1. The first kappa shape index (κ1) is 11.8. The lowest BCUT2D eigenvalue weighted by atomic mass is 10.0. The van der Waals surface area contributed by atoms with Gasteiger partial charge in [-0.15, -0.1) is 0 Å². The lowest BCUT2D eigenvalue weighted by molar-refractivity contribution is 0.0666. The molecule has 0 aliphatic rings. The zero-order valence-corrected chi connectivity index (χ0v) is 10.5. The van der Waals surface area contributed by atoms with Crippen molar-refractivity contribution in [1.29, 1.82) is 0 Å². The molecule has 0 atom stereocenters. The average Bonchev–Trinajstić information content (AvgIpc) is 2.78. The zero-order valence-electron chi connectivity index (χ0n) is 9.76.